The Balaban J connectivity index is 1.28. The van der Waals surface area contributed by atoms with Crippen LogP contribution in [0.4, 0.5) is 5.69 Å². The number of ether oxygens (including phenoxy) is 1. The Kier molecular flexibility index (Phi) is 5.62. The summed E-state index contributed by atoms with van der Waals surface area (Å²) in [6, 6.07) is 18.4. The number of carbonyl (C=O) groups is 2. The van der Waals surface area contributed by atoms with Crippen LogP contribution in [-0.2, 0) is 33.8 Å². The van der Waals surface area contributed by atoms with Crippen LogP contribution in [0.3, 0.4) is 0 Å². The summed E-state index contributed by atoms with van der Waals surface area (Å²) in [5.41, 5.74) is 5.98. The van der Waals surface area contributed by atoms with Gasteiger partial charge in [-0.15, -0.1) is 0 Å². The van der Waals surface area contributed by atoms with Crippen molar-refractivity contribution < 1.29 is 19.4 Å². The Morgan fingerprint density at radius 3 is 2.79 bits per heavy atom. The maximum Gasteiger partial charge on any atom is 0.321 e. The molecule has 0 radical (unpaired) electrons. The van der Waals surface area contributed by atoms with Gasteiger partial charge in [0.2, 0.25) is 0 Å². The first-order valence-electron chi connectivity index (χ1n) is 10.9. The molecule has 0 fully saturated rings. The molecule has 2 aromatic carbocycles. The van der Waals surface area contributed by atoms with E-state index in [1.54, 1.807) is 6.20 Å². The van der Waals surface area contributed by atoms with Gasteiger partial charge in [-0.25, -0.2) is 0 Å². The lowest BCUT2D eigenvalue weighted by molar-refractivity contribution is -0.139. The van der Waals surface area contributed by atoms with Crippen molar-refractivity contribution in [1.82, 2.24) is 10.3 Å². The summed E-state index contributed by atoms with van der Waals surface area (Å²) < 4.78 is 5.95. The minimum Gasteiger partial charge on any atom is -0.487 e. The summed E-state index contributed by atoms with van der Waals surface area (Å²) in [6.07, 6.45) is 2.67. The molecule has 2 aliphatic rings. The Hall–Kier alpha value is -3.97. The van der Waals surface area contributed by atoms with Crippen molar-refractivity contribution in [3.05, 3.63) is 94.8 Å². The summed E-state index contributed by atoms with van der Waals surface area (Å²) in [6.45, 7) is 0.926. The summed E-state index contributed by atoms with van der Waals surface area (Å²) >= 11 is 0. The first-order valence-corrected chi connectivity index (χ1v) is 10.9. The van der Waals surface area contributed by atoms with Crippen molar-refractivity contribution in [2.75, 3.05) is 11.9 Å². The van der Waals surface area contributed by atoms with Crippen LogP contribution in [0.25, 0.3) is 11.3 Å². The smallest absolute Gasteiger partial charge is 0.321 e. The van der Waals surface area contributed by atoms with Crippen LogP contribution in [0.2, 0.25) is 0 Å². The lowest BCUT2D eigenvalue weighted by Crippen LogP contribution is -2.39. The highest BCUT2D eigenvalue weighted by atomic mass is 16.5. The molecule has 3 heterocycles. The number of amides is 1. The SMILES string of the molecule is O=C1Nc2ccccc2/C1=C1\OCc2cc(CCNC(Cc3ccccn3)C(=O)O)ccc21. The largest absolute Gasteiger partial charge is 0.487 e. The van der Waals surface area contributed by atoms with Gasteiger partial charge in [-0.1, -0.05) is 42.5 Å². The standard InChI is InChI=1S/C26H23N3O4/c30-25-23(20-6-1-2-7-21(20)29-25)24-19-9-8-16(13-17(19)15-33-24)10-12-28-22(26(31)32)14-18-5-3-4-11-27-18/h1-9,11,13,22,28H,10,12,14-15H2,(H,29,30)(H,31,32)/b24-23+. The van der Waals surface area contributed by atoms with Crippen molar-refractivity contribution >= 4 is 28.9 Å². The van der Waals surface area contributed by atoms with E-state index in [-0.39, 0.29) is 5.91 Å². The molecule has 0 saturated carbocycles. The van der Waals surface area contributed by atoms with Crippen molar-refractivity contribution in [3.8, 4) is 0 Å². The molecule has 7 heteroatoms. The molecule has 0 spiro atoms. The van der Waals surface area contributed by atoms with E-state index in [4.69, 9.17) is 4.74 Å². The number of para-hydroxylation sites is 1. The molecule has 0 bridgehead atoms. The zero-order valence-electron chi connectivity index (χ0n) is 17.9. The topological polar surface area (TPSA) is 101 Å². The van der Waals surface area contributed by atoms with Gasteiger partial charge in [0.05, 0.1) is 5.57 Å². The molecule has 5 rings (SSSR count). The lowest BCUT2D eigenvalue weighted by atomic mass is 9.98. The van der Waals surface area contributed by atoms with Crippen molar-refractivity contribution in [2.45, 2.75) is 25.5 Å². The highest BCUT2D eigenvalue weighted by molar-refractivity contribution is 6.36. The molecule has 3 N–H and O–H groups in total. The van der Waals surface area contributed by atoms with E-state index in [9.17, 15) is 14.7 Å². The monoisotopic (exact) mass is 441 g/mol. The number of aromatic nitrogens is 1. The van der Waals surface area contributed by atoms with Gasteiger partial charge in [0, 0.05) is 40.7 Å². The van der Waals surface area contributed by atoms with E-state index >= 15 is 0 Å². The van der Waals surface area contributed by atoms with E-state index in [1.165, 1.54) is 0 Å². The van der Waals surface area contributed by atoms with Crippen molar-refractivity contribution in [3.63, 3.8) is 0 Å². The van der Waals surface area contributed by atoms with Gasteiger partial charge in [-0.2, -0.15) is 0 Å². The molecule has 0 aliphatic carbocycles. The van der Waals surface area contributed by atoms with E-state index in [0.717, 1.165) is 33.6 Å². The zero-order valence-corrected chi connectivity index (χ0v) is 17.9. The fraction of sp³-hybridized carbons (Fsp3) is 0.192. The van der Waals surface area contributed by atoms with E-state index in [0.29, 0.717) is 37.3 Å². The van der Waals surface area contributed by atoms with Crippen LogP contribution < -0.4 is 10.6 Å². The lowest BCUT2D eigenvalue weighted by Gasteiger charge is -2.14. The number of hydrogen-bond donors (Lipinski definition) is 3. The number of carboxylic acid groups (broad SMARTS) is 1. The number of rotatable bonds is 7. The van der Waals surface area contributed by atoms with Gasteiger partial charge in [-0.3, -0.25) is 14.6 Å². The molecule has 0 saturated heterocycles. The second-order valence-corrected chi connectivity index (χ2v) is 8.10. The predicted octanol–water partition coefficient (Wildman–Crippen LogP) is 3.26. The van der Waals surface area contributed by atoms with E-state index in [1.807, 2.05) is 54.6 Å². The fourth-order valence-electron chi connectivity index (χ4n) is 4.29. The maximum absolute atomic E-state index is 12.6. The molecule has 1 aromatic heterocycles. The minimum absolute atomic E-state index is 0.153. The van der Waals surface area contributed by atoms with E-state index < -0.39 is 12.0 Å². The van der Waals surface area contributed by atoms with Crippen LogP contribution in [-0.4, -0.2) is 34.6 Å². The van der Waals surface area contributed by atoms with Gasteiger partial charge < -0.3 is 20.5 Å². The predicted molar refractivity (Wildman–Crippen MR) is 124 cm³/mol. The van der Waals surface area contributed by atoms with Gasteiger partial charge in [0.25, 0.3) is 5.91 Å². The second-order valence-electron chi connectivity index (χ2n) is 8.10. The third-order valence-electron chi connectivity index (χ3n) is 5.93. The minimum atomic E-state index is -0.894. The zero-order chi connectivity index (χ0) is 22.8. The summed E-state index contributed by atoms with van der Waals surface area (Å²) in [4.78, 5) is 28.4. The Morgan fingerprint density at radius 1 is 1.12 bits per heavy atom. The molecule has 2 aliphatic heterocycles. The Morgan fingerprint density at radius 2 is 1.97 bits per heavy atom. The molecule has 1 amide bonds. The summed E-state index contributed by atoms with van der Waals surface area (Å²) in [7, 11) is 0. The molecular weight excluding hydrogens is 418 g/mol. The van der Waals surface area contributed by atoms with E-state index in [2.05, 4.69) is 21.7 Å². The van der Waals surface area contributed by atoms with Crippen molar-refractivity contribution in [2.24, 2.45) is 0 Å². The molecule has 1 unspecified atom stereocenters. The Bertz CT molecular complexity index is 1250. The molecule has 1 atom stereocenters. The summed E-state index contributed by atoms with van der Waals surface area (Å²) in [5, 5.41) is 15.6. The average Bonchev–Trinajstić information content (AvgIpc) is 3.38. The van der Waals surface area contributed by atoms with Crippen LogP contribution >= 0.6 is 0 Å². The number of nitrogens with one attached hydrogen (secondary N) is 2. The number of benzene rings is 2. The van der Waals surface area contributed by atoms with Gasteiger partial charge in [-0.05, 0) is 36.7 Å². The number of anilines is 1. The third kappa shape index (κ3) is 4.23. The number of nitrogens with zero attached hydrogens (tertiary/aromatic N) is 1. The van der Waals surface area contributed by atoms with Crippen LogP contribution in [0.1, 0.15) is 27.9 Å². The first kappa shape index (κ1) is 20.9. The normalized spacial score (nSPS) is 17.2. The molecule has 166 valence electrons. The quantitative estimate of drug-likeness (QED) is 0.487. The molecule has 7 nitrogen and oxygen atoms in total. The molecular formula is C26H23N3O4. The number of carbonyl (C=O) groups excluding carboxylic acids is 1. The first-order chi connectivity index (χ1) is 16.1. The number of aliphatic carboxylic acids is 1. The van der Waals surface area contributed by atoms with Gasteiger partial charge in [0.15, 0.2) is 0 Å². The molecule has 33 heavy (non-hydrogen) atoms. The molecule has 3 aromatic rings. The van der Waals surface area contributed by atoms with Crippen molar-refractivity contribution in [1.29, 1.82) is 0 Å². The Labute approximate surface area is 191 Å². The van der Waals surface area contributed by atoms with Crippen LogP contribution in [0.15, 0.2) is 66.9 Å². The summed E-state index contributed by atoms with van der Waals surface area (Å²) in [5.74, 6) is -0.437. The number of carboxylic acids is 1. The fourth-order valence-corrected chi connectivity index (χ4v) is 4.29. The van der Waals surface area contributed by atoms with Gasteiger partial charge in [0.1, 0.15) is 18.4 Å². The van der Waals surface area contributed by atoms with Gasteiger partial charge >= 0.3 is 5.97 Å². The number of pyridine rings is 1. The van der Waals surface area contributed by atoms with Crippen LogP contribution in [0, 0.1) is 0 Å². The second kappa shape index (κ2) is 8.88. The average molecular weight is 441 g/mol. The number of hydrogen-bond acceptors (Lipinski definition) is 5. The highest BCUT2D eigenvalue weighted by Crippen LogP contribution is 2.41. The highest BCUT2D eigenvalue weighted by Gasteiger charge is 2.32. The van der Waals surface area contributed by atoms with Crippen LogP contribution in [0.5, 0.6) is 0 Å². The third-order valence-corrected chi connectivity index (χ3v) is 5.93. The maximum atomic E-state index is 12.6. The number of fused-ring (bicyclic) bond motifs is 2.